The molecule has 3 heterocycles. The number of nitrogens with zero attached hydrogens (tertiary/aromatic N) is 3. The second kappa shape index (κ2) is 7.54. The molecule has 0 bridgehead atoms. The van der Waals surface area contributed by atoms with Crippen molar-refractivity contribution >= 4 is 11.8 Å². The summed E-state index contributed by atoms with van der Waals surface area (Å²) in [5.74, 6) is 0.956. The van der Waals surface area contributed by atoms with Crippen LogP contribution in [0.5, 0.6) is 0 Å². The Morgan fingerprint density at radius 3 is 2.59 bits per heavy atom. The fourth-order valence-corrected chi connectivity index (χ4v) is 3.60. The zero-order valence-corrected chi connectivity index (χ0v) is 15.6. The van der Waals surface area contributed by atoms with E-state index in [1.54, 1.807) is 0 Å². The van der Waals surface area contributed by atoms with Gasteiger partial charge in [0.05, 0.1) is 12.1 Å². The van der Waals surface area contributed by atoms with Gasteiger partial charge in [-0.2, -0.15) is 10.2 Å². The Hall–Kier alpha value is -2.64. The summed E-state index contributed by atoms with van der Waals surface area (Å²) in [4.78, 5) is 26.5. The molecule has 1 aliphatic heterocycles. The number of rotatable bonds is 6. The highest BCUT2D eigenvalue weighted by Crippen LogP contribution is 2.38. The van der Waals surface area contributed by atoms with E-state index in [0.29, 0.717) is 30.5 Å². The van der Waals surface area contributed by atoms with Crippen LogP contribution in [0.2, 0.25) is 0 Å². The predicted octanol–water partition coefficient (Wildman–Crippen LogP) is 1.53. The summed E-state index contributed by atoms with van der Waals surface area (Å²) in [5, 5.41) is 17.1. The highest BCUT2D eigenvalue weighted by Gasteiger charge is 2.27. The molecule has 3 N–H and O–H groups in total. The average molecular weight is 370 g/mol. The van der Waals surface area contributed by atoms with Gasteiger partial charge < -0.3 is 10.2 Å². The molecule has 0 spiro atoms. The Bertz CT molecular complexity index is 814. The molecule has 2 aromatic rings. The van der Waals surface area contributed by atoms with Gasteiger partial charge in [-0.15, -0.1) is 0 Å². The van der Waals surface area contributed by atoms with Crippen LogP contribution in [0.3, 0.4) is 0 Å². The van der Waals surface area contributed by atoms with E-state index in [-0.39, 0.29) is 11.8 Å². The van der Waals surface area contributed by atoms with E-state index < -0.39 is 0 Å². The summed E-state index contributed by atoms with van der Waals surface area (Å²) in [5.41, 5.74) is 3.29. The first kappa shape index (κ1) is 17.8. The van der Waals surface area contributed by atoms with Gasteiger partial charge in [-0.1, -0.05) is 0 Å². The molecular formula is C19H26N6O2. The lowest BCUT2D eigenvalue weighted by Crippen LogP contribution is -2.42. The number of likely N-dealkylation sites (tertiary alicyclic amines) is 1. The molecule has 1 aliphatic carbocycles. The van der Waals surface area contributed by atoms with Gasteiger partial charge in [0.15, 0.2) is 0 Å². The SMILES string of the molecule is Cc1cc(CC(=O)N2CCC(CNC(=O)c3cc(C4CC4)[nH]n3)CC2)n[nH]1. The number of aromatic nitrogens is 4. The minimum Gasteiger partial charge on any atom is -0.350 e. The Kier molecular flexibility index (Phi) is 4.96. The summed E-state index contributed by atoms with van der Waals surface area (Å²) in [6, 6.07) is 3.77. The second-order valence-electron chi connectivity index (χ2n) is 7.74. The molecule has 2 fully saturated rings. The number of H-pyrrole nitrogens is 2. The monoisotopic (exact) mass is 370 g/mol. The topological polar surface area (TPSA) is 107 Å². The summed E-state index contributed by atoms with van der Waals surface area (Å²) in [7, 11) is 0. The molecule has 27 heavy (non-hydrogen) atoms. The van der Waals surface area contributed by atoms with E-state index in [1.165, 1.54) is 12.8 Å². The third-order valence-electron chi connectivity index (χ3n) is 5.46. The van der Waals surface area contributed by atoms with Crippen LogP contribution in [0.25, 0.3) is 0 Å². The average Bonchev–Trinajstić information content (AvgIpc) is 3.26. The molecule has 2 amide bonds. The van der Waals surface area contributed by atoms with Gasteiger partial charge in [0, 0.05) is 36.9 Å². The van der Waals surface area contributed by atoms with Gasteiger partial charge in [-0.25, -0.2) is 0 Å². The normalized spacial score (nSPS) is 17.9. The third-order valence-corrected chi connectivity index (χ3v) is 5.46. The van der Waals surface area contributed by atoms with Crippen molar-refractivity contribution < 1.29 is 9.59 Å². The van der Waals surface area contributed by atoms with Crippen LogP contribution in [-0.4, -0.2) is 56.7 Å². The largest absolute Gasteiger partial charge is 0.350 e. The molecule has 1 saturated heterocycles. The number of amides is 2. The maximum absolute atomic E-state index is 12.4. The quantitative estimate of drug-likeness (QED) is 0.717. The van der Waals surface area contributed by atoms with Crippen molar-refractivity contribution in [3.8, 4) is 0 Å². The van der Waals surface area contributed by atoms with Crippen molar-refractivity contribution in [2.24, 2.45) is 5.92 Å². The zero-order valence-electron chi connectivity index (χ0n) is 15.6. The highest BCUT2D eigenvalue weighted by molar-refractivity contribution is 5.92. The zero-order chi connectivity index (χ0) is 18.8. The lowest BCUT2D eigenvalue weighted by atomic mass is 9.96. The number of piperidine rings is 1. The van der Waals surface area contributed by atoms with E-state index in [4.69, 9.17) is 0 Å². The standard InChI is InChI=1S/C19H26N6O2/c1-12-8-15(22-21-12)9-18(26)25-6-4-13(5-7-25)11-20-19(27)17-10-16(23-24-17)14-2-3-14/h8,10,13-14H,2-7,9,11H2,1H3,(H,20,27)(H,21,22)(H,23,24). The van der Waals surface area contributed by atoms with Crippen molar-refractivity contribution in [1.29, 1.82) is 0 Å². The van der Waals surface area contributed by atoms with Crippen LogP contribution in [-0.2, 0) is 11.2 Å². The van der Waals surface area contributed by atoms with Gasteiger partial charge in [0.2, 0.25) is 5.91 Å². The molecule has 0 unspecified atom stereocenters. The van der Waals surface area contributed by atoms with Gasteiger partial charge in [-0.3, -0.25) is 19.8 Å². The van der Waals surface area contributed by atoms with Crippen LogP contribution in [0, 0.1) is 12.8 Å². The molecule has 0 atom stereocenters. The van der Waals surface area contributed by atoms with Crippen LogP contribution in [0.15, 0.2) is 12.1 Å². The number of carbonyl (C=O) groups excluding carboxylic acids is 2. The molecule has 0 aromatic carbocycles. The van der Waals surface area contributed by atoms with Crippen LogP contribution in [0.4, 0.5) is 0 Å². The van der Waals surface area contributed by atoms with Gasteiger partial charge >= 0.3 is 0 Å². The van der Waals surface area contributed by atoms with E-state index in [9.17, 15) is 9.59 Å². The van der Waals surface area contributed by atoms with Gasteiger partial charge in [0.1, 0.15) is 5.69 Å². The number of aromatic amines is 2. The Balaban J connectivity index is 1.19. The van der Waals surface area contributed by atoms with Crippen molar-refractivity contribution in [2.75, 3.05) is 19.6 Å². The molecule has 144 valence electrons. The lowest BCUT2D eigenvalue weighted by molar-refractivity contribution is -0.131. The third kappa shape index (κ3) is 4.37. The molecule has 1 saturated carbocycles. The fourth-order valence-electron chi connectivity index (χ4n) is 3.60. The molecule has 0 radical (unpaired) electrons. The Labute approximate surface area is 158 Å². The molecule has 2 aromatic heterocycles. The first-order chi connectivity index (χ1) is 13.1. The molecule has 8 nitrogen and oxygen atoms in total. The fraction of sp³-hybridized carbons (Fsp3) is 0.579. The van der Waals surface area contributed by atoms with Crippen molar-refractivity contribution in [3.05, 3.63) is 34.9 Å². The summed E-state index contributed by atoms with van der Waals surface area (Å²) in [6.07, 6.45) is 4.51. The van der Waals surface area contributed by atoms with E-state index in [0.717, 1.165) is 43.0 Å². The molecule has 8 heteroatoms. The second-order valence-corrected chi connectivity index (χ2v) is 7.74. The molecule has 2 aliphatic rings. The highest BCUT2D eigenvalue weighted by atomic mass is 16.2. The smallest absolute Gasteiger partial charge is 0.271 e. The number of hydrogen-bond donors (Lipinski definition) is 3. The van der Waals surface area contributed by atoms with Crippen molar-refractivity contribution in [1.82, 2.24) is 30.6 Å². The summed E-state index contributed by atoms with van der Waals surface area (Å²) in [6.45, 7) is 4.02. The Morgan fingerprint density at radius 2 is 1.93 bits per heavy atom. The van der Waals surface area contributed by atoms with Gasteiger partial charge in [-0.05, 0) is 50.7 Å². The maximum Gasteiger partial charge on any atom is 0.271 e. The minimum atomic E-state index is -0.120. The van der Waals surface area contributed by atoms with Crippen molar-refractivity contribution in [2.45, 2.75) is 44.9 Å². The van der Waals surface area contributed by atoms with Crippen molar-refractivity contribution in [3.63, 3.8) is 0 Å². The number of hydrogen-bond acceptors (Lipinski definition) is 4. The number of carbonyl (C=O) groups is 2. The molecular weight excluding hydrogens is 344 g/mol. The number of aryl methyl sites for hydroxylation is 1. The van der Waals surface area contributed by atoms with E-state index in [1.807, 2.05) is 24.0 Å². The first-order valence-corrected chi connectivity index (χ1v) is 9.70. The van der Waals surface area contributed by atoms with Crippen LogP contribution in [0.1, 0.15) is 59.2 Å². The van der Waals surface area contributed by atoms with E-state index in [2.05, 4.69) is 25.7 Å². The first-order valence-electron chi connectivity index (χ1n) is 9.70. The molecule has 4 rings (SSSR count). The summed E-state index contributed by atoms with van der Waals surface area (Å²) < 4.78 is 0. The van der Waals surface area contributed by atoms with Gasteiger partial charge in [0.25, 0.3) is 5.91 Å². The maximum atomic E-state index is 12.4. The summed E-state index contributed by atoms with van der Waals surface area (Å²) >= 11 is 0. The lowest BCUT2D eigenvalue weighted by Gasteiger charge is -2.32. The predicted molar refractivity (Wildman–Crippen MR) is 99.2 cm³/mol. The Morgan fingerprint density at radius 1 is 1.15 bits per heavy atom. The number of nitrogens with one attached hydrogen (secondary N) is 3. The van der Waals surface area contributed by atoms with Crippen LogP contribution >= 0.6 is 0 Å². The minimum absolute atomic E-state index is 0.119. The van der Waals surface area contributed by atoms with E-state index >= 15 is 0 Å². The van der Waals surface area contributed by atoms with Crippen LogP contribution < -0.4 is 5.32 Å².